The van der Waals surface area contributed by atoms with Gasteiger partial charge >= 0.3 is 6.09 Å². The molecule has 0 N–H and O–H groups in total. The number of amides is 1. The summed E-state index contributed by atoms with van der Waals surface area (Å²) in [6.45, 7) is 8.26. The Kier molecular flexibility index (Phi) is 5.01. The predicted molar refractivity (Wildman–Crippen MR) is 79.4 cm³/mol. The maximum atomic E-state index is 13.6. The fourth-order valence-corrected chi connectivity index (χ4v) is 2.31. The third kappa shape index (κ3) is 4.66. The van der Waals surface area contributed by atoms with Crippen molar-refractivity contribution in [3.05, 3.63) is 35.4 Å². The van der Waals surface area contributed by atoms with Crippen LogP contribution in [0.5, 0.6) is 0 Å². The molecule has 6 heteroatoms. The van der Waals surface area contributed by atoms with Gasteiger partial charge in [0, 0.05) is 44.4 Å². The van der Waals surface area contributed by atoms with Crippen molar-refractivity contribution in [1.29, 1.82) is 0 Å². The lowest BCUT2D eigenvalue weighted by molar-refractivity contribution is 0.0138. The number of nitrogens with zero attached hydrogens (tertiary/aromatic N) is 2. The Hall–Kier alpha value is -1.69. The van der Waals surface area contributed by atoms with Crippen LogP contribution in [0.25, 0.3) is 0 Å². The Bertz CT molecular complexity index is 535. The number of benzene rings is 1. The Labute approximate surface area is 129 Å². The zero-order valence-electron chi connectivity index (χ0n) is 13.2. The van der Waals surface area contributed by atoms with Gasteiger partial charge in [0.2, 0.25) is 0 Å². The van der Waals surface area contributed by atoms with Gasteiger partial charge in [-0.2, -0.15) is 0 Å². The van der Waals surface area contributed by atoms with Gasteiger partial charge in [-0.05, 0) is 26.8 Å². The van der Waals surface area contributed by atoms with E-state index in [4.69, 9.17) is 4.74 Å². The van der Waals surface area contributed by atoms with E-state index in [0.717, 1.165) is 6.07 Å². The second-order valence-corrected chi connectivity index (χ2v) is 6.48. The fourth-order valence-electron chi connectivity index (χ4n) is 2.31. The van der Waals surface area contributed by atoms with E-state index >= 15 is 0 Å². The van der Waals surface area contributed by atoms with Crippen LogP contribution < -0.4 is 0 Å². The molecule has 1 aromatic rings. The first-order valence-electron chi connectivity index (χ1n) is 7.39. The lowest BCUT2D eigenvalue weighted by atomic mass is 10.2. The maximum absolute atomic E-state index is 13.6. The lowest BCUT2D eigenvalue weighted by Gasteiger charge is -2.35. The summed E-state index contributed by atoms with van der Waals surface area (Å²) >= 11 is 0. The van der Waals surface area contributed by atoms with Crippen LogP contribution in [0.2, 0.25) is 0 Å². The molecule has 22 heavy (non-hydrogen) atoms. The van der Waals surface area contributed by atoms with Crippen LogP contribution in [0.4, 0.5) is 13.6 Å². The lowest BCUT2D eigenvalue weighted by Crippen LogP contribution is -2.49. The number of hydrogen-bond donors (Lipinski definition) is 0. The van der Waals surface area contributed by atoms with Gasteiger partial charge in [0.25, 0.3) is 0 Å². The molecule has 0 unspecified atom stereocenters. The van der Waals surface area contributed by atoms with Crippen molar-refractivity contribution in [2.24, 2.45) is 0 Å². The summed E-state index contributed by atoms with van der Waals surface area (Å²) in [7, 11) is 0. The number of halogens is 2. The summed E-state index contributed by atoms with van der Waals surface area (Å²) in [5.41, 5.74) is -0.0436. The van der Waals surface area contributed by atoms with Gasteiger partial charge in [-0.25, -0.2) is 13.6 Å². The normalized spacial score (nSPS) is 16.7. The molecule has 0 radical (unpaired) electrons. The first kappa shape index (κ1) is 16.7. The van der Waals surface area contributed by atoms with E-state index in [1.165, 1.54) is 12.1 Å². The molecule has 1 heterocycles. The topological polar surface area (TPSA) is 32.8 Å². The summed E-state index contributed by atoms with van der Waals surface area (Å²) in [4.78, 5) is 15.6. The Balaban J connectivity index is 1.86. The molecule has 4 nitrogen and oxygen atoms in total. The van der Waals surface area contributed by atoms with Crippen molar-refractivity contribution >= 4 is 6.09 Å². The molecule has 122 valence electrons. The van der Waals surface area contributed by atoms with Crippen molar-refractivity contribution in [2.45, 2.75) is 32.9 Å². The largest absolute Gasteiger partial charge is 0.444 e. The molecule has 0 spiro atoms. The molecule has 1 aliphatic rings. The minimum absolute atomic E-state index is 0.319. The van der Waals surface area contributed by atoms with Gasteiger partial charge in [-0.1, -0.05) is 6.07 Å². The molecule has 0 aliphatic carbocycles. The second-order valence-electron chi connectivity index (χ2n) is 6.48. The molecule has 0 bridgehead atoms. The van der Waals surface area contributed by atoms with Crippen LogP contribution >= 0.6 is 0 Å². The maximum Gasteiger partial charge on any atom is 0.410 e. The quantitative estimate of drug-likeness (QED) is 0.841. The van der Waals surface area contributed by atoms with Gasteiger partial charge in [0.15, 0.2) is 0 Å². The molecule has 1 aliphatic heterocycles. The highest BCUT2D eigenvalue weighted by molar-refractivity contribution is 5.68. The Morgan fingerprint density at radius 2 is 1.82 bits per heavy atom. The molecule has 0 atom stereocenters. The van der Waals surface area contributed by atoms with Gasteiger partial charge in [-0.3, -0.25) is 4.90 Å². The first-order chi connectivity index (χ1) is 10.2. The molecular weight excluding hydrogens is 290 g/mol. The summed E-state index contributed by atoms with van der Waals surface area (Å²) in [6, 6.07) is 3.62. The van der Waals surface area contributed by atoms with Crippen LogP contribution in [0, 0.1) is 11.6 Å². The third-order valence-corrected chi connectivity index (χ3v) is 3.43. The minimum Gasteiger partial charge on any atom is -0.444 e. The van der Waals surface area contributed by atoms with Gasteiger partial charge in [-0.15, -0.1) is 0 Å². The number of carbonyl (C=O) groups excluding carboxylic acids is 1. The number of rotatable bonds is 2. The zero-order valence-corrected chi connectivity index (χ0v) is 13.2. The average Bonchev–Trinajstić information content (AvgIpc) is 2.41. The van der Waals surface area contributed by atoms with Crippen LogP contribution in [0.1, 0.15) is 26.3 Å². The number of hydrogen-bond acceptors (Lipinski definition) is 3. The summed E-state index contributed by atoms with van der Waals surface area (Å²) in [5.74, 6) is -1.11. The fraction of sp³-hybridized carbons (Fsp3) is 0.562. The van der Waals surface area contributed by atoms with Crippen LogP contribution in [-0.4, -0.2) is 47.7 Å². The van der Waals surface area contributed by atoms with E-state index in [9.17, 15) is 13.6 Å². The second kappa shape index (κ2) is 6.60. The molecule has 0 aromatic heterocycles. The zero-order chi connectivity index (χ0) is 16.3. The van der Waals surface area contributed by atoms with Crippen molar-refractivity contribution in [3.63, 3.8) is 0 Å². The summed E-state index contributed by atoms with van der Waals surface area (Å²) in [5, 5.41) is 0. The van der Waals surface area contributed by atoms with E-state index in [1.54, 1.807) is 4.90 Å². The minimum atomic E-state index is -0.573. The van der Waals surface area contributed by atoms with Crippen molar-refractivity contribution in [2.75, 3.05) is 26.2 Å². The van der Waals surface area contributed by atoms with Gasteiger partial charge < -0.3 is 9.64 Å². The van der Waals surface area contributed by atoms with E-state index in [1.807, 2.05) is 25.7 Å². The summed E-state index contributed by atoms with van der Waals surface area (Å²) in [6.07, 6.45) is -0.319. The average molecular weight is 312 g/mol. The van der Waals surface area contributed by atoms with E-state index in [2.05, 4.69) is 0 Å². The molecule has 1 aromatic carbocycles. The van der Waals surface area contributed by atoms with Crippen LogP contribution in [0.3, 0.4) is 0 Å². The van der Waals surface area contributed by atoms with Crippen LogP contribution in [0.15, 0.2) is 18.2 Å². The highest BCUT2D eigenvalue weighted by Gasteiger charge is 2.26. The van der Waals surface area contributed by atoms with Gasteiger partial charge in [0.05, 0.1) is 0 Å². The van der Waals surface area contributed by atoms with Crippen molar-refractivity contribution in [1.82, 2.24) is 9.80 Å². The molecule has 1 amide bonds. The van der Waals surface area contributed by atoms with Crippen molar-refractivity contribution in [3.8, 4) is 0 Å². The predicted octanol–water partition coefficient (Wildman–Crippen LogP) is 3.02. The molecule has 1 saturated heterocycles. The highest BCUT2D eigenvalue weighted by atomic mass is 19.1. The Morgan fingerprint density at radius 1 is 1.18 bits per heavy atom. The number of carbonyl (C=O) groups is 1. The van der Waals surface area contributed by atoms with Crippen molar-refractivity contribution < 1.29 is 18.3 Å². The molecular formula is C16H22F2N2O2. The molecule has 1 fully saturated rings. The summed E-state index contributed by atoms with van der Waals surface area (Å²) < 4.78 is 31.9. The van der Waals surface area contributed by atoms with E-state index in [0.29, 0.717) is 38.3 Å². The molecule has 0 saturated carbocycles. The SMILES string of the molecule is CC(C)(C)OC(=O)N1CCN(Cc2ccc(F)cc2F)CC1. The van der Waals surface area contributed by atoms with Crippen LogP contribution in [-0.2, 0) is 11.3 Å². The monoisotopic (exact) mass is 312 g/mol. The Morgan fingerprint density at radius 3 is 2.36 bits per heavy atom. The third-order valence-electron chi connectivity index (χ3n) is 3.43. The van der Waals surface area contributed by atoms with E-state index in [-0.39, 0.29) is 6.09 Å². The number of piperazine rings is 1. The molecule has 2 rings (SSSR count). The smallest absolute Gasteiger partial charge is 0.410 e. The van der Waals surface area contributed by atoms with E-state index < -0.39 is 17.2 Å². The highest BCUT2D eigenvalue weighted by Crippen LogP contribution is 2.15. The number of ether oxygens (including phenoxy) is 1. The first-order valence-corrected chi connectivity index (χ1v) is 7.39. The standard InChI is InChI=1S/C16H22F2N2O2/c1-16(2,3)22-15(21)20-8-6-19(7-9-20)11-12-4-5-13(17)10-14(12)18/h4-5,10H,6-9,11H2,1-3H3. The van der Waals surface area contributed by atoms with Gasteiger partial charge in [0.1, 0.15) is 17.2 Å².